The van der Waals surface area contributed by atoms with Crippen molar-refractivity contribution in [2.24, 2.45) is 0 Å². The molecule has 0 amide bonds. The largest absolute Gasteiger partial charge is 0.308 e. The molecular weight excluding hydrogens is 635 g/mol. The zero-order valence-corrected chi connectivity index (χ0v) is 29.2. The number of benzene rings is 6. The topological polar surface area (TPSA) is 56.5 Å². The molecule has 0 aliphatic rings. The Labute approximate surface area is 303 Å². The van der Waals surface area contributed by atoms with Crippen LogP contribution < -0.4 is 0 Å². The Balaban J connectivity index is 1.37. The molecule has 9 aromatic rings. The second-order valence-electron chi connectivity index (χ2n) is 13.4. The number of fused-ring (bicyclic) bond motifs is 3. The van der Waals surface area contributed by atoms with Crippen LogP contribution in [0.1, 0.15) is 16.7 Å². The maximum atomic E-state index is 5.18. The first kappa shape index (κ1) is 31.3. The van der Waals surface area contributed by atoms with Gasteiger partial charge in [-0.3, -0.25) is 4.98 Å². The number of pyridine rings is 1. The first-order chi connectivity index (χ1) is 25.5. The minimum atomic E-state index is 0.604. The Hall–Kier alpha value is -6.72. The third-order valence-electron chi connectivity index (χ3n) is 9.81. The zero-order valence-electron chi connectivity index (χ0n) is 29.2. The lowest BCUT2D eigenvalue weighted by atomic mass is 9.93. The Morgan fingerprint density at radius 2 is 1.04 bits per heavy atom. The van der Waals surface area contributed by atoms with E-state index in [1.165, 1.54) is 38.6 Å². The Kier molecular flexibility index (Phi) is 7.74. The highest BCUT2D eigenvalue weighted by atomic mass is 15.1. The summed E-state index contributed by atoms with van der Waals surface area (Å²) in [6.45, 7) is 6.58. The summed E-state index contributed by atoms with van der Waals surface area (Å²) >= 11 is 0. The van der Waals surface area contributed by atoms with Gasteiger partial charge in [-0.1, -0.05) is 121 Å². The maximum absolute atomic E-state index is 5.18. The van der Waals surface area contributed by atoms with Crippen molar-refractivity contribution in [2.75, 3.05) is 0 Å². The molecule has 6 aromatic carbocycles. The predicted octanol–water partition coefficient (Wildman–Crippen LogP) is 11.6. The summed E-state index contributed by atoms with van der Waals surface area (Å²) < 4.78 is 2.39. The molecule has 3 aromatic heterocycles. The summed E-state index contributed by atoms with van der Waals surface area (Å²) in [6, 6.07) is 51.0. The summed E-state index contributed by atoms with van der Waals surface area (Å²) in [5.74, 6) is 1.86. The number of hydrogen-bond donors (Lipinski definition) is 0. The summed E-state index contributed by atoms with van der Waals surface area (Å²) in [5.41, 5.74) is 14.3. The Morgan fingerprint density at radius 3 is 1.71 bits per heavy atom. The van der Waals surface area contributed by atoms with Crippen molar-refractivity contribution >= 4 is 21.8 Å². The number of hydrogen-bond acceptors (Lipinski definition) is 4. The Morgan fingerprint density at radius 1 is 0.442 bits per heavy atom. The molecule has 5 heteroatoms. The molecule has 3 heterocycles. The van der Waals surface area contributed by atoms with Crippen molar-refractivity contribution in [3.05, 3.63) is 175 Å². The minimum absolute atomic E-state index is 0.604. The lowest BCUT2D eigenvalue weighted by molar-refractivity contribution is 1.06. The van der Waals surface area contributed by atoms with Crippen LogP contribution in [0.4, 0.5) is 0 Å². The van der Waals surface area contributed by atoms with E-state index in [0.29, 0.717) is 17.5 Å². The number of aromatic nitrogens is 5. The molecule has 0 fully saturated rings. The number of nitrogens with zero attached hydrogens (tertiary/aromatic N) is 5. The maximum Gasteiger partial charge on any atom is 0.166 e. The van der Waals surface area contributed by atoms with Gasteiger partial charge in [0, 0.05) is 45.4 Å². The lowest BCUT2D eigenvalue weighted by Gasteiger charge is -2.17. The van der Waals surface area contributed by atoms with Gasteiger partial charge in [0.1, 0.15) is 0 Å². The van der Waals surface area contributed by atoms with Crippen LogP contribution in [0.5, 0.6) is 0 Å². The molecular formula is C47H35N5. The summed E-state index contributed by atoms with van der Waals surface area (Å²) in [5, 5.41) is 2.37. The molecule has 0 saturated heterocycles. The van der Waals surface area contributed by atoms with E-state index in [1.807, 2.05) is 79.1 Å². The van der Waals surface area contributed by atoms with Crippen LogP contribution in [0.3, 0.4) is 0 Å². The minimum Gasteiger partial charge on any atom is -0.308 e. The molecule has 52 heavy (non-hydrogen) atoms. The van der Waals surface area contributed by atoms with Gasteiger partial charge in [0.05, 0.1) is 16.7 Å². The molecule has 0 unspecified atom stereocenters. The SMILES string of the molecule is Cc1cc(C)c(-c2ccc3c4ccccc4n(-c4cc(-c5cccnc5)ccc4-c4nc(-c5ccccc5)nc(-c5ccccc5)n4)c3c2)c(C)c1. The van der Waals surface area contributed by atoms with Gasteiger partial charge in [-0.2, -0.15) is 0 Å². The van der Waals surface area contributed by atoms with Crippen LogP contribution in [0.25, 0.3) is 83.9 Å². The molecule has 0 aliphatic carbocycles. The fourth-order valence-electron chi connectivity index (χ4n) is 7.57. The highest BCUT2D eigenvalue weighted by Crippen LogP contribution is 2.40. The summed E-state index contributed by atoms with van der Waals surface area (Å²) in [7, 11) is 0. The van der Waals surface area contributed by atoms with E-state index in [0.717, 1.165) is 44.5 Å². The summed E-state index contributed by atoms with van der Waals surface area (Å²) in [4.78, 5) is 19.8. The van der Waals surface area contributed by atoms with Gasteiger partial charge >= 0.3 is 0 Å². The quantitative estimate of drug-likeness (QED) is 0.177. The van der Waals surface area contributed by atoms with Gasteiger partial charge in [-0.15, -0.1) is 0 Å². The van der Waals surface area contributed by atoms with Crippen molar-refractivity contribution in [3.63, 3.8) is 0 Å². The predicted molar refractivity (Wildman–Crippen MR) is 213 cm³/mol. The van der Waals surface area contributed by atoms with E-state index in [-0.39, 0.29) is 0 Å². The average molecular weight is 670 g/mol. The molecule has 9 rings (SSSR count). The van der Waals surface area contributed by atoms with E-state index < -0.39 is 0 Å². The van der Waals surface area contributed by atoms with Gasteiger partial charge in [-0.05, 0) is 78.9 Å². The first-order valence-corrected chi connectivity index (χ1v) is 17.6. The lowest BCUT2D eigenvalue weighted by Crippen LogP contribution is -2.04. The smallest absolute Gasteiger partial charge is 0.166 e. The van der Waals surface area contributed by atoms with Gasteiger partial charge in [-0.25, -0.2) is 15.0 Å². The highest BCUT2D eigenvalue weighted by Gasteiger charge is 2.21. The van der Waals surface area contributed by atoms with Crippen molar-refractivity contribution < 1.29 is 0 Å². The molecule has 0 spiro atoms. The molecule has 0 radical (unpaired) electrons. The number of rotatable bonds is 6. The van der Waals surface area contributed by atoms with Crippen molar-refractivity contribution in [3.8, 4) is 62.1 Å². The van der Waals surface area contributed by atoms with E-state index in [2.05, 4.69) is 109 Å². The summed E-state index contributed by atoms with van der Waals surface area (Å²) in [6.07, 6.45) is 3.72. The van der Waals surface area contributed by atoms with Gasteiger partial charge < -0.3 is 4.57 Å². The zero-order chi connectivity index (χ0) is 35.2. The second kappa shape index (κ2) is 12.9. The monoisotopic (exact) mass is 669 g/mol. The van der Waals surface area contributed by atoms with Gasteiger partial charge in [0.15, 0.2) is 17.5 Å². The average Bonchev–Trinajstić information content (AvgIpc) is 3.51. The second-order valence-corrected chi connectivity index (χ2v) is 13.4. The molecule has 0 saturated carbocycles. The fourth-order valence-corrected chi connectivity index (χ4v) is 7.57. The molecule has 248 valence electrons. The van der Waals surface area contributed by atoms with Crippen LogP contribution >= 0.6 is 0 Å². The standard InChI is InChI=1S/C47H35N5/c1-30-25-31(2)44(32(3)26-30)36-21-22-39-38-18-10-11-19-41(38)52(42(39)28-36)43-27-35(37-17-12-24-48-29-37)20-23-40(43)47-50-45(33-13-6-4-7-14-33)49-46(51-47)34-15-8-5-9-16-34/h4-29H,1-3H3. The number of para-hydroxylation sites is 1. The third kappa shape index (κ3) is 5.53. The van der Waals surface area contributed by atoms with E-state index in [9.17, 15) is 0 Å². The highest BCUT2D eigenvalue weighted by molar-refractivity contribution is 6.11. The van der Waals surface area contributed by atoms with E-state index >= 15 is 0 Å². The van der Waals surface area contributed by atoms with Crippen molar-refractivity contribution in [1.29, 1.82) is 0 Å². The molecule has 0 N–H and O–H groups in total. The molecule has 5 nitrogen and oxygen atoms in total. The third-order valence-corrected chi connectivity index (χ3v) is 9.81. The Bertz CT molecular complexity index is 2670. The van der Waals surface area contributed by atoms with Crippen LogP contribution in [0, 0.1) is 20.8 Å². The van der Waals surface area contributed by atoms with Crippen LogP contribution in [-0.2, 0) is 0 Å². The van der Waals surface area contributed by atoms with Crippen LogP contribution in [0.2, 0.25) is 0 Å². The van der Waals surface area contributed by atoms with Crippen molar-refractivity contribution in [2.45, 2.75) is 20.8 Å². The van der Waals surface area contributed by atoms with Gasteiger partial charge in [0.2, 0.25) is 0 Å². The molecule has 0 atom stereocenters. The molecule has 0 aliphatic heterocycles. The first-order valence-electron chi connectivity index (χ1n) is 17.6. The van der Waals surface area contributed by atoms with E-state index in [4.69, 9.17) is 15.0 Å². The van der Waals surface area contributed by atoms with Gasteiger partial charge in [0.25, 0.3) is 0 Å². The van der Waals surface area contributed by atoms with Crippen LogP contribution in [-0.4, -0.2) is 24.5 Å². The molecule has 0 bridgehead atoms. The fraction of sp³-hybridized carbons (Fsp3) is 0.0638. The number of aryl methyl sites for hydroxylation is 3. The van der Waals surface area contributed by atoms with Crippen LogP contribution in [0.15, 0.2) is 158 Å². The normalized spacial score (nSPS) is 11.4. The van der Waals surface area contributed by atoms with E-state index in [1.54, 1.807) is 0 Å². The van der Waals surface area contributed by atoms with Crippen molar-refractivity contribution in [1.82, 2.24) is 24.5 Å².